The minimum absolute atomic E-state index is 0.142. The number of fused-ring (bicyclic) bond motifs is 1. The molecule has 1 fully saturated rings. The molecule has 3 rings (SSSR count). The highest BCUT2D eigenvalue weighted by molar-refractivity contribution is 5.84. The molecule has 1 aliphatic heterocycles. The van der Waals surface area contributed by atoms with Gasteiger partial charge in [-0.3, -0.25) is 0 Å². The smallest absolute Gasteiger partial charge is 0.407 e. The third-order valence-electron chi connectivity index (χ3n) is 5.92. The molecule has 0 spiro atoms. The van der Waals surface area contributed by atoms with Crippen LogP contribution < -0.4 is 21.2 Å². The number of amides is 1. The number of piperidine rings is 1. The van der Waals surface area contributed by atoms with E-state index in [1.54, 1.807) is 0 Å². The molecular formula is C23H33N3O4. The molecule has 1 unspecified atom stereocenters. The van der Waals surface area contributed by atoms with Crippen LogP contribution in [0, 0.1) is 12.8 Å². The number of benzene rings is 1. The zero-order chi connectivity index (χ0) is 21.5. The molecule has 7 nitrogen and oxygen atoms in total. The van der Waals surface area contributed by atoms with Crippen LogP contribution in [-0.2, 0) is 11.2 Å². The molecule has 30 heavy (non-hydrogen) atoms. The molecule has 164 valence electrons. The maximum Gasteiger partial charge on any atom is 0.407 e. The Bertz CT molecular complexity index is 915. The third kappa shape index (κ3) is 5.33. The van der Waals surface area contributed by atoms with E-state index in [0.29, 0.717) is 30.0 Å². The van der Waals surface area contributed by atoms with E-state index in [1.807, 2.05) is 19.1 Å². The number of nitrogens with zero attached hydrogens (tertiary/aromatic N) is 1. The summed E-state index contributed by atoms with van der Waals surface area (Å²) in [4.78, 5) is 26.7. The largest absolute Gasteiger partial charge is 0.449 e. The first kappa shape index (κ1) is 22.2. The van der Waals surface area contributed by atoms with Gasteiger partial charge >= 0.3 is 11.7 Å². The molecule has 1 amide bonds. The van der Waals surface area contributed by atoms with Crippen molar-refractivity contribution >= 4 is 22.7 Å². The van der Waals surface area contributed by atoms with Gasteiger partial charge in [0.25, 0.3) is 0 Å². The molecule has 1 saturated heterocycles. The number of hydrogen-bond acceptors (Lipinski definition) is 6. The molecule has 2 aromatic rings. The normalized spacial score (nSPS) is 16.4. The molecule has 0 saturated carbocycles. The molecule has 2 N–H and O–H groups in total. The van der Waals surface area contributed by atoms with Crippen molar-refractivity contribution in [3.8, 4) is 0 Å². The van der Waals surface area contributed by atoms with E-state index in [9.17, 15) is 9.59 Å². The highest BCUT2D eigenvalue weighted by atomic mass is 16.5. The Balaban J connectivity index is 1.61. The van der Waals surface area contributed by atoms with Gasteiger partial charge in [-0.05, 0) is 70.3 Å². The molecule has 0 aliphatic carbocycles. The highest BCUT2D eigenvalue weighted by Crippen LogP contribution is 2.25. The summed E-state index contributed by atoms with van der Waals surface area (Å²) in [7, 11) is 0. The maximum absolute atomic E-state index is 12.5. The van der Waals surface area contributed by atoms with Gasteiger partial charge in [-0.25, -0.2) is 9.59 Å². The predicted molar refractivity (Wildman–Crippen MR) is 119 cm³/mol. The summed E-state index contributed by atoms with van der Waals surface area (Å²) in [6.07, 6.45) is 2.14. The summed E-state index contributed by atoms with van der Waals surface area (Å²) in [6, 6.07) is 5.97. The lowest BCUT2D eigenvalue weighted by atomic mass is 10.00. The molecule has 2 heterocycles. The van der Waals surface area contributed by atoms with Crippen molar-refractivity contribution in [1.29, 1.82) is 0 Å². The fourth-order valence-corrected chi connectivity index (χ4v) is 4.08. The molecule has 1 aromatic carbocycles. The van der Waals surface area contributed by atoms with E-state index in [4.69, 9.17) is 9.15 Å². The molecule has 1 atom stereocenters. The molecule has 0 radical (unpaired) electrons. The SMILES string of the molecule is CCN(CC)c1ccc2c(C)c(CCOC(=O)NCC3CCCNC3)c(=O)oc2c1. The van der Waals surface area contributed by atoms with Gasteiger partial charge in [-0.15, -0.1) is 0 Å². The quantitative estimate of drug-likeness (QED) is 0.644. The Kier molecular flexibility index (Phi) is 7.74. The Morgan fingerprint density at radius 1 is 1.33 bits per heavy atom. The topological polar surface area (TPSA) is 83.8 Å². The lowest BCUT2D eigenvalue weighted by molar-refractivity contribution is 0.144. The van der Waals surface area contributed by atoms with Crippen LogP contribution >= 0.6 is 0 Å². The van der Waals surface area contributed by atoms with E-state index < -0.39 is 6.09 Å². The van der Waals surface area contributed by atoms with Gasteiger partial charge in [0.15, 0.2) is 0 Å². The molecule has 1 aromatic heterocycles. The van der Waals surface area contributed by atoms with Crippen molar-refractivity contribution in [2.75, 3.05) is 44.2 Å². The van der Waals surface area contributed by atoms with Crippen molar-refractivity contribution < 1.29 is 13.9 Å². The first-order valence-corrected chi connectivity index (χ1v) is 11.0. The van der Waals surface area contributed by atoms with E-state index in [2.05, 4.69) is 35.4 Å². The average molecular weight is 416 g/mol. The highest BCUT2D eigenvalue weighted by Gasteiger charge is 2.16. The van der Waals surface area contributed by atoms with Gasteiger partial charge in [0.05, 0.1) is 6.61 Å². The minimum atomic E-state index is -0.438. The second kappa shape index (κ2) is 10.5. The summed E-state index contributed by atoms with van der Waals surface area (Å²) in [5, 5.41) is 7.06. The first-order chi connectivity index (χ1) is 14.5. The number of carbonyl (C=O) groups excluding carboxylic acids is 1. The maximum atomic E-state index is 12.5. The number of rotatable bonds is 8. The van der Waals surface area contributed by atoms with E-state index in [0.717, 1.165) is 55.7 Å². The summed E-state index contributed by atoms with van der Waals surface area (Å²) < 4.78 is 10.9. The van der Waals surface area contributed by atoms with Gasteiger partial charge in [-0.2, -0.15) is 0 Å². The molecular weight excluding hydrogens is 382 g/mol. The van der Waals surface area contributed by atoms with Crippen molar-refractivity contribution in [1.82, 2.24) is 10.6 Å². The lowest BCUT2D eigenvalue weighted by Gasteiger charge is -2.22. The Hall–Kier alpha value is -2.54. The standard InChI is InChI=1S/C23H33N3O4/c1-4-26(5-2)18-8-9-19-16(3)20(22(27)30-21(19)13-18)10-12-29-23(28)25-15-17-7-6-11-24-14-17/h8-9,13,17,24H,4-7,10-12,14-15H2,1-3H3,(H,25,28). The van der Waals surface area contributed by atoms with Gasteiger partial charge in [0, 0.05) is 48.8 Å². The number of alkyl carbamates (subject to hydrolysis) is 1. The zero-order valence-corrected chi connectivity index (χ0v) is 18.3. The second-order valence-electron chi connectivity index (χ2n) is 7.83. The van der Waals surface area contributed by atoms with Crippen molar-refractivity contribution in [3.63, 3.8) is 0 Å². The van der Waals surface area contributed by atoms with Crippen molar-refractivity contribution in [2.45, 2.75) is 40.0 Å². The summed E-state index contributed by atoms with van der Waals surface area (Å²) in [6.45, 7) is 10.6. The lowest BCUT2D eigenvalue weighted by Crippen LogP contribution is -2.38. The van der Waals surface area contributed by atoms with Gasteiger partial charge in [0.1, 0.15) is 5.58 Å². The minimum Gasteiger partial charge on any atom is -0.449 e. The van der Waals surface area contributed by atoms with Crippen LogP contribution in [0.15, 0.2) is 27.4 Å². The van der Waals surface area contributed by atoms with E-state index in [1.165, 1.54) is 0 Å². The Morgan fingerprint density at radius 3 is 2.83 bits per heavy atom. The molecule has 1 aliphatic rings. The van der Waals surface area contributed by atoms with Crippen LogP contribution in [0.2, 0.25) is 0 Å². The van der Waals surface area contributed by atoms with Crippen LogP contribution in [0.3, 0.4) is 0 Å². The van der Waals surface area contributed by atoms with Crippen LogP contribution in [0.1, 0.15) is 37.8 Å². The summed E-state index contributed by atoms with van der Waals surface area (Å²) >= 11 is 0. The fraction of sp³-hybridized carbons (Fsp3) is 0.565. The number of ether oxygens (including phenoxy) is 1. The van der Waals surface area contributed by atoms with Crippen LogP contribution in [0.5, 0.6) is 0 Å². The fourth-order valence-electron chi connectivity index (χ4n) is 4.08. The van der Waals surface area contributed by atoms with Crippen LogP contribution in [-0.4, -0.2) is 45.4 Å². The van der Waals surface area contributed by atoms with Crippen LogP contribution in [0.4, 0.5) is 10.5 Å². The number of anilines is 1. The first-order valence-electron chi connectivity index (χ1n) is 11.0. The number of carbonyl (C=O) groups is 1. The van der Waals surface area contributed by atoms with Gasteiger partial charge < -0.3 is 24.7 Å². The Morgan fingerprint density at radius 2 is 2.13 bits per heavy atom. The molecule has 0 bridgehead atoms. The average Bonchev–Trinajstić information content (AvgIpc) is 2.76. The van der Waals surface area contributed by atoms with Crippen molar-refractivity contribution in [3.05, 3.63) is 39.7 Å². The number of nitrogens with one attached hydrogen (secondary N) is 2. The third-order valence-corrected chi connectivity index (χ3v) is 5.92. The zero-order valence-electron chi connectivity index (χ0n) is 18.3. The van der Waals surface area contributed by atoms with Gasteiger partial charge in [0.2, 0.25) is 0 Å². The number of aryl methyl sites for hydroxylation is 1. The second-order valence-corrected chi connectivity index (χ2v) is 7.83. The van der Waals surface area contributed by atoms with E-state index in [-0.39, 0.29) is 12.2 Å². The van der Waals surface area contributed by atoms with Crippen molar-refractivity contribution in [2.24, 2.45) is 5.92 Å². The Labute approximate surface area is 177 Å². The summed E-state index contributed by atoms with van der Waals surface area (Å²) in [5.74, 6) is 0.447. The monoisotopic (exact) mass is 415 g/mol. The van der Waals surface area contributed by atoms with E-state index >= 15 is 0 Å². The predicted octanol–water partition coefficient (Wildman–Crippen LogP) is 3.22. The summed E-state index contributed by atoms with van der Waals surface area (Å²) in [5.41, 5.74) is 2.70. The number of hydrogen-bond donors (Lipinski definition) is 2. The molecule has 7 heteroatoms. The van der Waals surface area contributed by atoms with Crippen LogP contribution in [0.25, 0.3) is 11.0 Å². The van der Waals surface area contributed by atoms with Gasteiger partial charge in [-0.1, -0.05) is 0 Å².